The Bertz CT molecular complexity index is 1310. The fraction of sp³-hybridized carbons (Fsp3) is 0.111. The maximum Gasteiger partial charge on any atom is 0.269 e. The average molecular weight is 504 g/mol. The van der Waals surface area contributed by atoms with Gasteiger partial charge in [0.05, 0.1) is 12.1 Å². The van der Waals surface area contributed by atoms with Crippen LogP contribution in [0.25, 0.3) is 0 Å². The summed E-state index contributed by atoms with van der Waals surface area (Å²) < 4.78 is 5.76. The molecule has 0 bridgehead atoms. The van der Waals surface area contributed by atoms with E-state index in [-0.39, 0.29) is 12.0 Å². The predicted molar refractivity (Wildman–Crippen MR) is 134 cm³/mol. The summed E-state index contributed by atoms with van der Waals surface area (Å²) in [4.78, 5) is 52.7. The molecule has 1 heterocycles. The topological polar surface area (TPSA) is 96.0 Å². The molecule has 0 aliphatic carbocycles. The van der Waals surface area contributed by atoms with Crippen molar-refractivity contribution in [2.24, 2.45) is 0 Å². The molecule has 36 heavy (non-hydrogen) atoms. The van der Waals surface area contributed by atoms with Crippen LogP contribution in [0.3, 0.4) is 0 Å². The average Bonchev–Trinajstić information content (AvgIpc) is 3.17. The van der Waals surface area contributed by atoms with Crippen LogP contribution in [0.1, 0.15) is 23.7 Å². The van der Waals surface area contributed by atoms with E-state index in [1.54, 1.807) is 43.3 Å². The number of para-hydroxylation sites is 1. The van der Waals surface area contributed by atoms with Crippen LogP contribution in [-0.4, -0.2) is 34.7 Å². The highest BCUT2D eigenvalue weighted by Crippen LogP contribution is 2.29. The molecule has 3 aromatic rings. The Balaban J connectivity index is 1.54. The Morgan fingerprint density at radius 2 is 1.61 bits per heavy atom. The quantitative estimate of drug-likeness (QED) is 0.303. The second-order valence-electron chi connectivity index (χ2n) is 7.85. The summed E-state index contributed by atoms with van der Waals surface area (Å²) in [6.07, 6.45) is 2.40. The third kappa shape index (κ3) is 5.45. The number of hydrogen-bond acceptors (Lipinski definition) is 5. The van der Waals surface area contributed by atoms with Crippen LogP contribution in [0.5, 0.6) is 11.5 Å². The molecule has 0 spiro atoms. The van der Waals surface area contributed by atoms with Crippen molar-refractivity contribution in [3.05, 3.63) is 102 Å². The van der Waals surface area contributed by atoms with Gasteiger partial charge in [0.25, 0.3) is 17.7 Å². The lowest BCUT2D eigenvalue weighted by Gasteiger charge is -2.27. The lowest BCUT2D eigenvalue weighted by molar-refractivity contribution is -0.137. The standard InChI is InChI=1S/C27H22ClN3O5/c1-2-6-24(32)31(29-26(34)18-9-11-19(28)12-10-18)23-17-25(33)30(27(23)35)20-13-15-22(16-14-20)36-21-7-4-3-5-8-21/h2-16,23H,17H2,1H3,(H,29,34). The molecule has 0 saturated carbocycles. The van der Waals surface area contributed by atoms with Gasteiger partial charge in [-0.3, -0.25) is 24.6 Å². The third-order valence-corrected chi connectivity index (χ3v) is 5.64. The van der Waals surface area contributed by atoms with E-state index >= 15 is 0 Å². The molecule has 1 fully saturated rings. The highest BCUT2D eigenvalue weighted by atomic mass is 35.5. The summed E-state index contributed by atoms with van der Waals surface area (Å²) in [6.45, 7) is 1.63. The monoisotopic (exact) mass is 503 g/mol. The van der Waals surface area contributed by atoms with Gasteiger partial charge in [-0.05, 0) is 67.6 Å². The Kier molecular flexibility index (Phi) is 7.46. The second-order valence-corrected chi connectivity index (χ2v) is 8.29. The van der Waals surface area contributed by atoms with Gasteiger partial charge in [-0.2, -0.15) is 0 Å². The zero-order valence-electron chi connectivity index (χ0n) is 19.3. The molecule has 182 valence electrons. The van der Waals surface area contributed by atoms with Crippen molar-refractivity contribution >= 4 is 40.9 Å². The zero-order valence-corrected chi connectivity index (χ0v) is 20.0. The summed E-state index contributed by atoms with van der Waals surface area (Å²) in [5, 5.41) is 1.34. The number of nitrogens with zero attached hydrogens (tertiary/aromatic N) is 2. The van der Waals surface area contributed by atoms with Crippen molar-refractivity contribution in [1.82, 2.24) is 10.4 Å². The smallest absolute Gasteiger partial charge is 0.269 e. The molecule has 0 radical (unpaired) electrons. The van der Waals surface area contributed by atoms with Crippen molar-refractivity contribution < 1.29 is 23.9 Å². The van der Waals surface area contributed by atoms with Gasteiger partial charge in [-0.25, -0.2) is 9.91 Å². The van der Waals surface area contributed by atoms with Crippen molar-refractivity contribution in [3.63, 3.8) is 0 Å². The normalized spacial score (nSPS) is 15.3. The van der Waals surface area contributed by atoms with Gasteiger partial charge in [-0.1, -0.05) is 35.9 Å². The van der Waals surface area contributed by atoms with Gasteiger partial charge < -0.3 is 4.74 Å². The molecule has 1 unspecified atom stereocenters. The number of benzene rings is 3. The number of ether oxygens (including phenoxy) is 1. The molecular formula is C27H22ClN3O5. The van der Waals surface area contributed by atoms with Crippen LogP contribution < -0.4 is 15.1 Å². The summed E-state index contributed by atoms with van der Waals surface area (Å²) in [6, 6.07) is 20.5. The molecule has 3 aromatic carbocycles. The van der Waals surface area contributed by atoms with E-state index in [9.17, 15) is 19.2 Å². The van der Waals surface area contributed by atoms with Gasteiger partial charge in [0, 0.05) is 16.7 Å². The number of imide groups is 1. The SMILES string of the molecule is CC=CC(=O)N(NC(=O)c1ccc(Cl)cc1)C1CC(=O)N(c2ccc(Oc3ccccc3)cc2)C1=O. The van der Waals surface area contributed by atoms with Gasteiger partial charge in [-0.15, -0.1) is 0 Å². The molecule has 1 aliphatic heterocycles. The van der Waals surface area contributed by atoms with E-state index in [1.165, 1.54) is 36.4 Å². The molecule has 1 saturated heterocycles. The Labute approximate surface area is 212 Å². The first-order chi connectivity index (χ1) is 17.4. The van der Waals surface area contributed by atoms with E-state index in [4.69, 9.17) is 16.3 Å². The minimum absolute atomic E-state index is 0.236. The number of nitrogens with one attached hydrogen (secondary N) is 1. The van der Waals surface area contributed by atoms with Gasteiger partial charge in [0.15, 0.2) is 0 Å². The Hall–Kier alpha value is -4.43. The molecular weight excluding hydrogens is 482 g/mol. The molecule has 0 aromatic heterocycles. The summed E-state index contributed by atoms with van der Waals surface area (Å²) in [5.74, 6) is -1.22. The van der Waals surface area contributed by atoms with Crippen molar-refractivity contribution in [2.75, 3.05) is 4.90 Å². The van der Waals surface area contributed by atoms with E-state index in [0.717, 1.165) is 9.91 Å². The molecule has 1 N–H and O–H groups in total. The summed E-state index contributed by atoms with van der Waals surface area (Å²) in [5.41, 5.74) is 3.03. The molecule has 8 nitrogen and oxygen atoms in total. The number of anilines is 1. The van der Waals surface area contributed by atoms with E-state index in [2.05, 4.69) is 5.43 Å². The lowest BCUT2D eigenvalue weighted by Crippen LogP contribution is -2.54. The Morgan fingerprint density at radius 1 is 0.972 bits per heavy atom. The maximum atomic E-state index is 13.3. The van der Waals surface area contributed by atoms with Crippen LogP contribution in [-0.2, 0) is 14.4 Å². The first kappa shape index (κ1) is 24.7. The minimum Gasteiger partial charge on any atom is -0.457 e. The van der Waals surface area contributed by atoms with E-state index < -0.39 is 29.7 Å². The van der Waals surface area contributed by atoms with Gasteiger partial charge >= 0.3 is 0 Å². The molecule has 1 aliphatic rings. The third-order valence-electron chi connectivity index (χ3n) is 5.38. The van der Waals surface area contributed by atoms with E-state index in [0.29, 0.717) is 22.2 Å². The molecule has 9 heteroatoms. The lowest BCUT2D eigenvalue weighted by atomic mass is 10.2. The number of carbonyl (C=O) groups excluding carboxylic acids is 4. The largest absolute Gasteiger partial charge is 0.457 e. The predicted octanol–water partition coefficient (Wildman–Crippen LogP) is 4.51. The highest BCUT2D eigenvalue weighted by Gasteiger charge is 2.45. The zero-order chi connectivity index (χ0) is 25.7. The van der Waals surface area contributed by atoms with Crippen LogP contribution >= 0.6 is 11.6 Å². The maximum absolute atomic E-state index is 13.3. The van der Waals surface area contributed by atoms with Crippen molar-refractivity contribution in [3.8, 4) is 11.5 Å². The number of halogens is 1. The fourth-order valence-electron chi connectivity index (χ4n) is 3.66. The number of amides is 4. The number of hydrogen-bond donors (Lipinski definition) is 1. The molecule has 4 amide bonds. The van der Waals surface area contributed by atoms with Gasteiger partial charge in [0.1, 0.15) is 17.5 Å². The highest BCUT2D eigenvalue weighted by molar-refractivity contribution is 6.30. The number of rotatable bonds is 6. The summed E-state index contributed by atoms with van der Waals surface area (Å²) >= 11 is 5.88. The van der Waals surface area contributed by atoms with Crippen molar-refractivity contribution in [1.29, 1.82) is 0 Å². The van der Waals surface area contributed by atoms with Crippen molar-refractivity contribution in [2.45, 2.75) is 19.4 Å². The van der Waals surface area contributed by atoms with E-state index in [1.807, 2.05) is 18.2 Å². The Morgan fingerprint density at radius 3 is 2.25 bits per heavy atom. The first-order valence-corrected chi connectivity index (χ1v) is 11.5. The van der Waals surface area contributed by atoms with Gasteiger partial charge in [0.2, 0.25) is 5.91 Å². The minimum atomic E-state index is -1.21. The van der Waals surface area contributed by atoms with Crippen LogP contribution in [0, 0.1) is 0 Å². The second kappa shape index (κ2) is 10.9. The number of carbonyl (C=O) groups is 4. The number of allylic oxidation sites excluding steroid dienone is 1. The fourth-order valence-corrected chi connectivity index (χ4v) is 3.79. The van der Waals surface area contributed by atoms with Crippen LogP contribution in [0.15, 0.2) is 91.0 Å². The summed E-state index contributed by atoms with van der Waals surface area (Å²) in [7, 11) is 0. The number of hydrazine groups is 1. The van der Waals surface area contributed by atoms with Crippen LogP contribution in [0.2, 0.25) is 5.02 Å². The molecule has 1 atom stereocenters. The molecule has 4 rings (SSSR count). The first-order valence-electron chi connectivity index (χ1n) is 11.1. The van der Waals surface area contributed by atoms with Crippen LogP contribution in [0.4, 0.5) is 5.69 Å².